The largest absolute Gasteiger partial charge is 0.386 e. The number of carbonyl (C=O) groups is 1. The van der Waals surface area contributed by atoms with Crippen molar-refractivity contribution in [2.45, 2.75) is 18.6 Å². The summed E-state index contributed by atoms with van der Waals surface area (Å²) in [5.41, 5.74) is 4.96. The summed E-state index contributed by atoms with van der Waals surface area (Å²) in [5.74, 6) is -0.391. The van der Waals surface area contributed by atoms with Crippen LogP contribution >= 0.6 is 11.8 Å². The molecule has 0 aromatic rings. The average Bonchev–Trinajstić information content (AvgIpc) is 1.82. The first-order chi connectivity index (χ1) is 4.22. The van der Waals surface area contributed by atoms with Crippen LogP contribution in [0.25, 0.3) is 0 Å². The van der Waals surface area contributed by atoms with Crippen LogP contribution in [-0.4, -0.2) is 22.2 Å². The van der Waals surface area contributed by atoms with Gasteiger partial charge in [0.15, 0.2) is 0 Å². The van der Waals surface area contributed by atoms with Gasteiger partial charge >= 0.3 is 0 Å². The summed E-state index contributed by atoms with van der Waals surface area (Å²) >= 11 is 1.17. The molecular formula is C5H11NO2S. The number of aliphatic hydroxyl groups excluding tert-OH is 1. The molecule has 0 aromatic heterocycles. The Balaban J connectivity index is 3.54. The van der Waals surface area contributed by atoms with E-state index >= 15 is 0 Å². The smallest absolute Gasteiger partial charge is 0.230 e. The predicted octanol–water partition coefficient (Wildman–Crippen LogP) is -0.0667. The van der Waals surface area contributed by atoms with Gasteiger partial charge in [-0.3, -0.25) is 4.79 Å². The van der Waals surface area contributed by atoms with Gasteiger partial charge in [-0.2, -0.15) is 0 Å². The second kappa shape index (κ2) is 4.64. The van der Waals surface area contributed by atoms with Gasteiger partial charge in [-0.1, -0.05) is 6.92 Å². The second-order valence-corrected chi connectivity index (χ2v) is 2.76. The van der Waals surface area contributed by atoms with E-state index in [9.17, 15) is 4.79 Å². The molecule has 3 N–H and O–H groups in total. The quantitative estimate of drug-likeness (QED) is 0.550. The number of nitrogens with two attached hydrogens (primary N) is 1. The number of aliphatic hydroxyl groups is 1. The summed E-state index contributed by atoms with van der Waals surface area (Å²) in [7, 11) is 0. The Labute approximate surface area is 58.6 Å². The van der Waals surface area contributed by atoms with Crippen molar-refractivity contribution in [2.75, 3.05) is 5.94 Å². The van der Waals surface area contributed by atoms with Gasteiger partial charge in [0.2, 0.25) is 5.91 Å². The number of rotatable bonds is 4. The fraction of sp³-hybridized carbons (Fsp3) is 0.800. The first-order valence-electron chi connectivity index (χ1n) is 2.74. The molecular weight excluding hydrogens is 138 g/mol. The molecule has 0 aliphatic heterocycles. The summed E-state index contributed by atoms with van der Waals surface area (Å²) < 4.78 is 0. The molecule has 1 amide bonds. The molecule has 3 nitrogen and oxygen atoms in total. The third kappa shape index (κ3) is 3.37. The van der Waals surface area contributed by atoms with E-state index in [2.05, 4.69) is 0 Å². The zero-order chi connectivity index (χ0) is 7.28. The molecule has 0 radical (unpaired) electrons. The van der Waals surface area contributed by atoms with Crippen LogP contribution < -0.4 is 5.73 Å². The van der Waals surface area contributed by atoms with E-state index < -0.39 is 0 Å². The molecule has 0 spiro atoms. The molecule has 9 heavy (non-hydrogen) atoms. The Morgan fingerprint density at radius 2 is 2.44 bits per heavy atom. The molecule has 0 aliphatic carbocycles. The molecule has 0 saturated heterocycles. The van der Waals surface area contributed by atoms with Crippen LogP contribution in [-0.2, 0) is 4.79 Å². The van der Waals surface area contributed by atoms with Gasteiger partial charge in [0.25, 0.3) is 0 Å². The fourth-order valence-electron chi connectivity index (χ4n) is 0.491. The second-order valence-electron chi connectivity index (χ2n) is 1.60. The summed E-state index contributed by atoms with van der Waals surface area (Å²) in [4.78, 5) is 10.4. The van der Waals surface area contributed by atoms with Crippen molar-refractivity contribution in [3.8, 4) is 0 Å². The van der Waals surface area contributed by atoms with Crippen LogP contribution in [0.5, 0.6) is 0 Å². The highest BCUT2D eigenvalue weighted by molar-refractivity contribution is 8.00. The van der Waals surface area contributed by atoms with Crippen LogP contribution in [0.4, 0.5) is 0 Å². The van der Waals surface area contributed by atoms with Gasteiger partial charge in [0.1, 0.15) is 0 Å². The van der Waals surface area contributed by atoms with E-state index in [1.54, 1.807) is 0 Å². The van der Waals surface area contributed by atoms with Crippen LogP contribution in [0.15, 0.2) is 0 Å². The molecule has 0 bridgehead atoms. The lowest BCUT2D eigenvalue weighted by molar-refractivity contribution is -0.117. The monoisotopic (exact) mass is 149 g/mol. The predicted molar refractivity (Wildman–Crippen MR) is 38.0 cm³/mol. The molecule has 4 heteroatoms. The summed E-state index contributed by atoms with van der Waals surface area (Å²) in [6.07, 6.45) is 0.681. The van der Waals surface area contributed by atoms with E-state index in [0.29, 0.717) is 6.42 Å². The average molecular weight is 149 g/mol. The number of carbonyl (C=O) groups excluding carboxylic acids is 1. The van der Waals surface area contributed by atoms with Gasteiger partial charge in [-0.15, -0.1) is 11.8 Å². The van der Waals surface area contributed by atoms with Gasteiger partial charge in [-0.05, 0) is 6.42 Å². The van der Waals surface area contributed by atoms with Crippen molar-refractivity contribution >= 4 is 17.7 Å². The van der Waals surface area contributed by atoms with Gasteiger partial charge < -0.3 is 10.8 Å². The highest BCUT2D eigenvalue weighted by Crippen LogP contribution is 2.11. The summed E-state index contributed by atoms with van der Waals surface area (Å²) in [6.45, 7) is 1.86. The van der Waals surface area contributed by atoms with Crippen LogP contribution in [0.3, 0.4) is 0 Å². The van der Waals surface area contributed by atoms with Crippen LogP contribution in [0.1, 0.15) is 13.3 Å². The molecule has 1 atom stereocenters. The molecule has 0 rings (SSSR count). The number of hydrogen-bond acceptors (Lipinski definition) is 3. The highest BCUT2D eigenvalue weighted by atomic mass is 32.2. The first-order valence-corrected chi connectivity index (χ1v) is 3.79. The minimum atomic E-state index is -0.350. The maximum Gasteiger partial charge on any atom is 0.230 e. The van der Waals surface area contributed by atoms with Crippen LogP contribution in [0, 0.1) is 0 Å². The number of primary amides is 1. The Morgan fingerprint density at radius 1 is 1.89 bits per heavy atom. The topological polar surface area (TPSA) is 63.3 Å². The Bertz CT molecular complexity index is 97.0. The van der Waals surface area contributed by atoms with Crippen molar-refractivity contribution < 1.29 is 9.90 Å². The number of amides is 1. The summed E-state index contributed by atoms with van der Waals surface area (Å²) in [5, 5.41) is 8.14. The Morgan fingerprint density at radius 3 is 2.56 bits per heavy atom. The van der Waals surface area contributed by atoms with E-state index in [1.807, 2.05) is 6.92 Å². The SMILES string of the molecule is CCC(SCO)C(N)=O. The lowest BCUT2D eigenvalue weighted by atomic mass is 10.3. The molecule has 0 aliphatic rings. The zero-order valence-corrected chi connectivity index (χ0v) is 6.15. The Kier molecular flexibility index (Phi) is 4.53. The van der Waals surface area contributed by atoms with Gasteiger partial charge in [0, 0.05) is 0 Å². The minimum Gasteiger partial charge on any atom is -0.386 e. The maximum absolute atomic E-state index is 10.4. The Hall–Kier alpha value is -0.220. The maximum atomic E-state index is 10.4. The van der Waals surface area contributed by atoms with Crippen molar-refractivity contribution in [2.24, 2.45) is 5.73 Å². The third-order valence-electron chi connectivity index (χ3n) is 0.964. The molecule has 0 aromatic carbocycles. The van der Waals surface area contributed by atoms with Crippen molar-refractivity contribution in [1.82, 2.24) is 0 Å². The molecule has 0 saturated carbocycles. The van der Waals surface area contributed by atoms with E-state index in [4.69, 9.17) is 10.8 Å². The highest BCUT2D eigenvalue weighted by Gasteiger charge is 2.11. The zero-order valence-electron chi connectivity index (χ0n) is 5.33. The fourth-order valence-corrected chi connectivity index (χ4v) is 1.07. The van der Waals surface area contributed by atoms with Crippen molar-refractivity contribution in [3.63, 3.8) is 0 Å². The van der Waals surface area contributed by atoms with Crippen LogP contribution in [0.2, 0.25) is 0 Å². The first kappa shape index (κ1) is 8.78. The van der Waals surface area contributed by atoms with Gasteiger partial charge in [0.05, 0.1) is 11.2 Å². The number of thioether (sulfide) groups is 1. The minimum absolute atomic E-state index is 0.0402. The van der Waals surface area contributed by atoms with E-state index in [-0.39, 0.29) is 17.1 Å². The lowest BCUT2D eigenvalue weighted by Gasteiger charge is -2.06. The molecule has 0 fully saturated rings. The number of hydrogen-bond donors (Lipinski definition) is 2. The molecule has 1 unspecified atom stereocenters. The van der Waals surface area contributed by atoms with Crippen molar-refractivity contribution in [1.29, 1.82) is 0 Å². The molecule has 54 valence electrons. The van der Waals surface area contributed by atoms with Crippen molar-refractivity contribution in [3.05, 3.63) is 0 Å². The van der Waals surface area contributed by atoms with E-state index in [1.165, 1.54) is 11.8 Å². The third-order valence-corrected chi connectivity index (χ3v) is 2.08. The molecule has 0 heterocycles. The standard InChI is InChI=1S/C5H11NO2S/c1-2-4(5(6)8)9-3-7/h4,7H,2-3H2,1H3,(H2,6,8). The summed E-state index contributed by atoms with van der Waals surface area (Å²) in [6, 6.07) is 0. The normalized spacial score (nSPS) is 13.1. The van der Waals surface area contributed by atoms with Gasteiger partial charge in [-0.25, -0.2) is 0 Å². The lowest BCUT2D eigenvalue weighted by Crippen LogP contribution is -2.25. The van der Waals surface area contributed by atoms with E-state index in [0.717, 1.165) is 0 Å².